The lowest BCUT2D eigenvalue weighted by Gasteiger charge is -2.29. The average molecular weight is 248 g/mol. The summed E-state index contributed by atoms with van der Waals surface area (Å²) in [6.45, 7) is 10.8. The van der Waals surface area contributed by atoms with E-state index < -0.39 is 0 Å². The molecule has 1 aliphatic rings. The zero-order chi connectivity index (χ0) is 12.8. The predicted molar refractivity (Wildman–Crippen MR) is 75.1 cm³/mol. The van der Waals surface area contributed by atoms with Crippen LogP contribution in [0.1, 0.15) is 12.5 Å². The van der Waals surface area contributed by atoms with Crippen LogP contribution in [0.4, 0.5) is 0 Å². The van der Waals surface area contributed by atoms with Crippen molar-refractivity contribution >= 4 is 0 Å². The normalized spacial score (nSPS) is 18.6. The van der Waals surface area contributed by atoms with Gasteiger partial charge in [0.25, 0.3) is 0 Å². The molecule has 3 heteroatoms. The molecule has 1 saturated heterocycles. The number of hydrogen-bond acceptors (Lipinski definition) is 3. The van der Waals surface area contributed by atoms with Gasteiger partial charge in [-0.2, -0.15) is 0 Å². The first-order valence-electron chi connectivity index (χ1n) is 6.86. The minimum Gasteiger partial charge on any atom is -0.493 e. The molecule has 0 amide bonds. The summed E-state index contributed by atoms with van der Waals surface area (Å²) in [4.78, 5) is 2.51. The van der Waals surface area contributed by atoms with Gasteiger partial charge in [0.1, 0.15) is 5.75 Å². The molecule has 2 rings (SSSR count). The van der Waals surface area contributed by atoms with Crippen LogP contribution in [-0.4, -0.2) is 44.2 Å². The zero-order valence-electron chi connectivity index (χ0n) is 11.5. The number of nitrogens with one attached hydrogen (secondary N) is 1. The van der Waals surface area contributed by atoms with Crippen molar-refractivity contribution in [2.45, 2.75) is 13.8 Å². The Morgan fingerprint density at radius 3 is 2.56 bits per heavy atom. The third kappa shape index (κ3) is 4.31. The van der Waals surface area contributed by atoms with Crippen LogP contribution in [-0.2, 0) is 0 Å². The van der Waals surface area contributed by atoms with E-state index in [-0.39, 0.29) is 0 Å². The molecule has 0 aliphatic carbocycles. The Hall–Kier alpha value is -1.06. The fourth-order valence-electron chi connectivity index (χ4n) is 2.26. The third-order valence-corrected chi connectivity index (χ3v) is 3.33. The van der Waals surface area contributed by atoms with E-state index in [1.807, 2.05) is 12.1 Å². The van der Waals surface area contributed by atoms with Gasteiger partial charge in [-0.25, -0.2) is 0 Å². The summed E-state index contributed by atoms with van der Waals surface area (Å²) in [5, 5.41) is 3.38. The van der Waals surface area contributed by atoms with Gasteiger partial charge < -0.3 is 15.0 Å². The minimum atomic E-state index is 0.574. The van der Waals surface area contributed by atoms with Crippen LogP contribution in [0, 0.1) is 12.8 Å². The maximum atomic E-state index is 5.82. The van der Waals surface area contributed by atoms with Gasteiger partial charge in [-0.15, -0.1) is 0 Å². The van der Waals surface area contributed by atoms with E-state index in [1.165, 1.54) is 5.56 Å². The standard InChI is InChI=1S/C15H24N2O/c1-13-3-5-15(6-4-13)18-12-14(2)11-17-9-7-16-8-10-17/h3-6,14,16H,7-12H2,1-2H3. The van der Waals surface area contributed by atoms with Crippen LogP contribution < -0.4 is 10.1 Å². The molecule has 0 spiro atoms. The monoisotopic (exact) mass is 248 g/mol. The number of piperazine rings is 1. The van der Waals surface area contributed by atoms with E-state index in [1.54, 1.807) is 0 Å². The molecular formula is C15H24N2O. The van der Waals surface area contributed by atoms with Gasteiger partial charge in [-0.1, -0.05) is 24.6 Å². The molecule has 1 aromatic rings. The molecule has 18 heavy (non-hydrogen) atoms. The van der Waals surface area contributed by atoms with Crippen LogP contribution in [0.15, 0.2) is 24.3 Å². The Bertz CT molecular complexity index is 344. The summed E-state index contributed by atoms with van der Waals surface area (Å²) in [6.07, 6.45) is 0. The molecule has 3 nitrogen and oxygen atoms in total. The van der Waals surface area contributed by atoms with E-state index in [4.69, 9.17) is 4.74 Å². The molecule has 100 valence electrons. The molecule has 1 unspecified atom stereocenters. The summed E-state index contributed by atoms with van der Waals surface area (Å²) >= 11 is 0. The molecule has 0 bridgehead atoms. The quantitative estimate of drug-likeness (QED) is 0.861. The van der Waals surface area contributed by atoms with Gasteiger partial charge >= 0.3 is 0 Å². The second kappa shape index (κ2) is 6.76. The fourth-order valence-corrected chi connectivity index (χ4v) is 2.26. The SMILES string of the molecule is Cc1ccc(OCC(C)CN2CCNCC2)cc1. The Morgan fingerprint density at radius 1 is 1.22 bits per heavy atom. The number of aryl methyl sites for hydroxylation is 1. The van der Waals surface area contributed by atoms with E-state index in [0.717, 1.165) is 45.1 Å². The molecule has 1 aromatic carbocycles. The van der Waals surface area contributed by atoms with Crippen molar-refractivity contribution in [2.24, 2.45) is 5.92 Å². The van der Waals surface area contributed by atoms with Gasteiger partial charge in [0.05, 0.1) is 6.61 Å². The van der Waals surface area contributed by atoms with Crippen molar-refractivity contribution in [3.8, 4) is 5.75 Å². The van der Waals surface area contributed by atoms with Crippen molar-refractivity contribution in [3.05, 3.63) is 29.8 Å². The highest BCUT2D eigenvalue weighted by Gasteiger charge is 2.13. The molecule has 1 aliphatic heterocycles. The highest BCUT2D eigenvalue weighted by Crippen LogP contribution is 2.13. The maximum absolute atomic E-state index is 5.82. The van der Waals surface area contributed by atoms with E-state index in [0.29, 0.717) is 5.92 Å². The Labute approximate surface area is 110 Å². The molecular weight excluding hydrogens is 224 g/mol. The summed E-state index contributed by atoms with van der Waals surface area (Å²) in [6, 6.07) is 8.28. The maximum Gasteiger partial charge on any atom is 0.119 e. The van der Waals surface area contributed by atoms with Crippen molar-refractivity contribution in [1.82, 2.24) is 10.2 Å². The highest BCUT2D eigenvalue weighted by molar-refractivity contribution is 5.26. The van der Waals surface area contributed by atoms with Crippen LogP contribution >= 0.6 is 0 Å². The summed E-state index contributed by atoms with van der Waals surface area (Å²) in [5.74, 6) is 1.55. The molecule has 1 atom stereocenters. The number of ether oxygens (including phenoxy) is 1. The molecule has 1 N–H and O–H groups in total. The van der Waals surface area contributed by atoms with Crippen molar-refractivity contribution in [2.75, 3.05) is 39.3 Å². The first-order valence-corrected chi connectivity index (χ1v) is 6.86. The Balaban J connectivity index is 1.70. The molecule has 1 heterocycles. The molecule has 1 fully saturated rings. The number of rotatable bonds is 5. The van der Waals surface area contributed by atoms with E-state index >= 15 is 0 Å². The first kappa shape index (κ1) is 13.4. The lowest BCUT2D eigenvalue weighted by Crippen LogP contribution is -2.45. The number of nitrogens with zero attached hydrogens (tertiary/aromatic N) is 1. The van der Waals surface area contributed by atoms with E-state index in [9.17, 15) is 0 Å². The van der Waals surface area contributed by atoms with Crippen LogP contribution in [0.25, 0.3) is 0 Å². The Morgan fingerprint density at radius 2 is 1.89 bits per heavy atom. The average Bonchev–Trinajstić information content (AvgIpc) is 2.39. The summed E-state index contributed by atoms with van der Waals surface area (Å²) in [5.41, 5.74) is 1.27. The molecule has 0 saturated carbocycles. The minimum absolute atomic E-state index is 0.574. The summed E-state index contributed by atoms with van der Waals surface area (Å²) < 4.78 is 5.82. The highest BCUT2D eigenvalue weighted by atomic mass is 16.5. The topological polar surface area (TPSA) is 24.5 Å². The third-order valence-electron chi connectivity index (χ3n) is 3.33. The predicted octanol–water partition coefficient (Wildman–Crippen LogP) is 1.92. The van der Waals surface area contributed by atoms with Gasteiger partial charge in [-0.3, -0.25) is 0 Å². The van der Waals surface area contributed by atoms with Gasteiger partial charge in [0.2, 0.25) is 0 Å². The zero-order valence-corrected chi connectivity index (χ0v) is 11.5. The van der Waals surface area contributed by atoms with Crippen molar-refractivity contribution in [3.63, 3.8) is 0 Å². The lowest BCUT2D eigenvalue weighted by atomic mass is 10.1. The van der Waals surface area contributed by atoms with Gasteiger partial charge in [-0.05, 0) is 19.1 Å². The number of hydrogen-bond donors (Lipinski definition) is 1. The number of benzene rings is 1. The summed E-state index contributed by atoms with van der Waals surface area (Å²) in [7, 11) is 0. The van der Waals surface area contributed by atoms with Gasteiger partial charge in [0, 0.05) is 38.6 Å². The molecule has 0 radical (unpaired) electrons. The van der Waals surface area contributed by atoms with Crippen molar-refractivity contribution < 1.29 is 4.74 Å². The van der Waals surface area contributed by atoms with E-state index in [2.05, 4.69) is 36.2 Å². The van der Waals surface area contributed by atoms with Gasteiger partial charge in [0.15, 0.2) is 0 Å². The van der Waals surface area contributed by atoms with Crippen LogP contribution in [0.3, 0.4) is 0 Å². The van der Waals surface area contributed by atoms with Crippen molar-refractivity contribution in [1.29, 1.82) is 0 Å². The second-order valence-corrected chi connectivity index (χ2v) is 5.28. The Kier molecular flexibility index (Phi) is 5.02. The second-order valence-electron chi connectivity index (χ2n) is 5.28. The van der Waals surface area contributed by atoms with Crippen LogP contribution in [0.5, 0.6) is 5.75 Å². The largest absolute Gasteiger partial charge is 0.493 e. The van der Waals surface area contributed by atoms with Crippen LogP contribution in [0.2, 0.25) is 0 Å². The first-order chi connectivity index (χ1) is 8.74. The fraction of sp³-hybridized carbons (Fsp3) is 0.600. The smallest absolute Gasteiger partial charge is 0.119 e. The lowest BCUT2D eigenvalue weighted by molar-refractivity contribution is 0.171. The molecule has 0 aromatic heterocycles.